The van der Waals surface area contributed by atoms with Crippen molar-refractivity contribution in [3.05, 3.63) is 187 Å². The van der Waals surface area contributed by atoms with Crippen LogP contribution < -0.4 is 4.90 Å². The Morgan fingerprint density at radius 1 is 0.415 bits per heavy atom. The Morgan fingerprint density at radius 2 is 1.00 bits per heavy atom. The summed E-state index contributed by atoms with van der Waals surface area (Å²) in [5.74, 6) is 0. The topological polar surface area (TPSA) is 3.24 Å². The molecule has 1 heterocycles. The molecule has 0 N–H and O–H groups in total. The van der Waals surface area contributed by atoms with Crippen LogP contribution in [0.25, 0.3) is 65.7 Å². The van der Waals surface area contributed by atoms with E-state index in [4.69, 9.17) is 0 Å². The van der Waals surface area contributed by atoms with Crippen LogP contribution in [0, 0.1) is 0 Å². The molecule has 2 aliphatic rings. The van der Waals surface area contributed by atoms with Crippen molar-refractivity contribution in [1.82, 2.24) is 0 Å². The van der Waals surface area contributed by atoms with Crippen molar-refractivity contribution in [2.45, 2.75) is 29.1 Å². The van der Waals surface area contributed by atoms with Crippen molar-refractivity contribution in [2.75, 3.05) is 4.90 Å². The highest BCUT2D eigenvalue weighted by Crippen LogP contribution is 2.55. The highest BCUT2D eigenvalue weighted by atomic mass is 32.2. The van der Waals surface area contributed by atoms with Crippen LogP contribution in [-0.4, -0.2) is 0 Å². The third-order valence-corrected chi connectivity index (χ3v) is 12.7. The smallest absolute Gasteiger partial charge is 0.0602 e. The highest BCUT2D eigenvalue weighted by Gasteiger charge is 2.34. The first-order chi connectivity index (χ1) is 26.1. The Balaban J connectivity index is 1.17. The number of anilines is 3. The maximum atomic E-state index is 2.42. The lowest BCUT2D eigenvalue weighted by Gasteiger charge is -2.35. The molecule has 0 saturated heterocycles. The lowest BCUT2D eigenvalue weighted by atomic mass is 9.68. The SMILES string of the molecule is CC1(C)c2ccccc2-c2ccc(-c3c4ccccc4c(-c4ccc5c(c4)Sc4ccccc4N5c4ccccc4)c4ccccc34)c3cccc1c23. The standard InChI is InChI=1S/C51H35NS/c1-51(2)42-23-11-10-17-34(42)40-28-29-41(39-22-14-24-43(51)50(39)40)49-37-20-8-6-18-35(37)48(36-19-7-9-21-38(36)49)32-27-30-45-47(31-32)53-46-26-13-12-25-44(46)52(45)33-15-4-3-5-16-33/h3-31H,1-2H3. The summed E-state index contributed by atoms with van der Waals surface area (Å²) in [6.07, 6.45) is 0. The fourth-order valence-electron chi connectivity index (χ4n) is 9.28. The second-order valence-corrected chi connectivity index (χ2v) is 15.9. The fourth-order valence-corrected chi connectivity index (χ4v) is 10.4. The van der Waals surface area contributed by atoms with Crippen molar-refractivity contribution >= 4 is 61.1 Å². The van der Waals surface area contributed by atoms with Gasteiger partial charge in [0.05, 0.1) is 11.4 Å². The first-order valence-corrected chi connectivity index (χ1v) is 19.3. The predicted molar refractivity (Wildman–Crippen MR) is 226 cm³/mol. The van der Waals surface area contributed by atoms with Gasteiger partial charge in [-0.05, 0) is 113 Å². The molecule has 0 saturated carbocycles. The quantitative estimate of drug-likeness (QED) is 0.170. The van der Waals surface area contributed by atoms with E-state index in [9.17, 15) is 0 Å². The lowest BCUT2D eigenvalue weighted by molar-refractivity contribution is 0.645. The molecule has 53 heavy (non-hydrogen) atoms. The first kappa shape index (κ1) is 30.5. The van der Waals surface area contributed by atoms with Crippen LogP contribution in [0.3, 0.4) is 0 Å². The largest absolute Gasteiger partial charge is 0.308 e. The molecule has 0 unspecified atom stereocenters. The van der Waals surface area contributed by atoms with Crippen LogP contribution >= 0.6 is 11.8 Å². The van der Waals surface area contributed by atoms with E-state index >= 15 is 0 Å². The van der Waals surface area contributed by atoms with Crippen molar-refractivity contribution in [1.29, 1.82) is 0 Å². The molecule has 250 valence electrons. The van der Waals surface area contributed by atoms with E-state index in [1.807, 2.05) is 11.8 Å². The summed E-state index contributed by atoms with van der Waals surface area (Å²) < 4.78 is 0. The number of fused-ring (bicyclic) bond motifs is 6. The van der Waals surface area contributed by atoms with Crippen LogP contribution in [0.4, 0.5) is 17.1 Å². The van der Waals surface area contributed by atoms with Crippen LogP contribution in [-0.2, 0) is 5.41 Å². The molecular weight excluding hydrogens is 659 g/mol. The number of hydrogen-bond acceptors (Lipinski definition) is 2. The van der Waals surface area contributed by atoms with Gasteiger partial charge < -0.3 is 4.90 Å². The van der Waals surface area contributed by atoms with Gasteiger partial charge in [0.15, 0.2) is 0 Å². The van der Waals surface area contributed by atoms with Crippen molar-refractivity contribution in [2.24, 2.45) is 0 Å². The molecule has 2 heteroatoms. The first-order valence-electron chi connectivity index (χ1n) is 18.4. The zero-order valence-electron chi connectivity index (χ0n) is 29.6. The summed E-state index contributed by atoms with van der Waals surface area (Å²) in [7, 11) is 0. The molecule has 1 aliphatic carbocycles. The van der Waals surface area contributed by atoms with Gasteiger partial charge in [-0.3, -0.25) is 0 Å². The van der Waals surface area contributed by atoms with E-state index in [2.05, 4.69) is 195 Å². The molecule has 1 aliphatic heterocycles. The minimum absolute atomic E-state index is 0.100. The number of hydrogen-bond donors (Lipinski definition) is 0. The zero-order chi connectivity index (χ0) is 35.3. The molecule has 11 rings (SSSR count). The number of para-hydroxylation sites is 2. The van der Waals surface area contributed by atoms with Gasteiger partial charge in [0.1, 0.15) is 0 Å². The Kier molecular flexibility index (Phi) is 6.60. The predicted octanol–water partition coefficient (Wildman–Crippen LogP) is 14.7. The third-order valence-electron chi connectivity index (χ3n) is 11.6. The number of benzene rings is 9. The average molecular weight is 694 g/mol. The summed E-state index contributed by atoms with van der Waals surface area (Å²) in [6, 6.07) is 65.3. The maximum Gasteiger partial charge on any atom is 0.0602 e. The van der Waals surface area contributed by atoms with Gasteiger partial charge in [-0.15, -0.1) is 0 Å². The maximum absolute atomic E-state index is 2.42. The summed E-state index contributed by atoms with van der Waals surface area (Å²) in [6.45, 7) is 4.76. The van der Waals surface area contributed by atoms with Crippen LogP contribution in [0.2, 0.25) is 0 Å². The van der Waals surface area contributed by atoms with Crippen molar-refractivity contribution in [3.8, 4) is 33.4 Å². The second kappa shape index (κ2) is 11.5. The molecule has 1 nitrogen and oxygen atoms in total. The Labute approximate surface area is 314 Å². The summed E-state index contributed by atoms with van der Waals surface area (Å²) in [4.78, 5) is 4.93. The van der Waals surface area contributed by atoms with Crippen LogP contribution in [0.5, 0.6) is 0 Å². The Hall–Kier alpha value is -6.09. The minimum atomic E-state index is -0.100. The summed E-state index contributed by atoms with van der Waals surface area (Å²) >= 11 is 1.87. The van der Waals surface area contributed by atoms with E-state index in [0.29, 0.717) is 0 Å². The molecule has 0 amide bonds. The van der Waals surface area contributed by atoms with E-state index in [-0.39, 0.29) is 5.41 Å². The molecule has 0 fully saturated rings. The molecule has 0 spiro atoms. The summed E-state index contributed by atoms with van der Waals surface area (Å²) in [5, 5.41) is 7.79. The van der Waals surface area contributed by atoms with E-state index in [1.54, 1.807) is 0 Å². The Morgan fingerprint density at radius 3 is 1.77 bits per heavy atom. The van der Waals surface area contributed by atoms with E-state index < -0.39 is 0 Å². The van der Waals surface area contributed by atoms with Gasteiger partial charge in [-0.25, -0.2) is 0 Å². The van der Waals surface area contributed by atoms with Gasteiger partial charge in [-0.1, -0.05) is 165 Å². The highest BCUT2D eigenvalue weighted by molar-refractivity contribution is 7.99. The molecule has 9 aromatic carbocycles. The van der Waals surface area contributed by atoms with Gasteiger partial charge in [0, 0.05) is 20.9 Å². The number of rotatable bonds is 3. The van der Waals surface area contributed by atoms with Gasteiger partial charge >= 0.3 is 0 Å². The molecule has 9 aromatic rings. The fraction of sp³-hybridized carbons (Fsp3) is 0.0588. The van der Waals surface area contributed by atoms with Gasteiger partial charge in [-0.2, -0.15) is 0 Å². The van der Waals surface area contributed by atoms with Crippen molar-refractivity contribution in [3.63, 3.8) is 0 Å². The van der Waals surface area contributed by atoms with Gasteiger partial charge in [0.2, 0.25) is 0 Å². The average Bonchev–Trinajstić information content (AvgIpc) is 3.21. The molecule has 0 bridgehead atoms. The molecule has 0 radical (unpaired) electrons. The normalized spacial score (nSPS) is 13.9. The monoisotopic (exact) mass is 693 g/mol. The van der Waals surface area contributed by atoms with E-state index in [1.165, 1.54) is 104 Å². The molecular formula is C51H35NS. The van der Waals surface area contributed by atoms with Crippen LogP contribution in [0.15, 0.2) is 186 Å². The minimum Gasteiger partial charge on any atom is -0.308 e. The molecule has 0 aromatic heterocycles. The molecule has 0 atom stereocenters. The Bertz CT molecular complexity index is 2900. The second-order valence-electron chi connectivity index (χ2n) is 14.8. The van der Waals surface area contributed by atoms with Crippen molar-refractivity contribution < 1.29 is 0 Å². The van der Waals surface area contributed by atoms with Crippen LogP contribution in [0.1, 0.15) is 25.0 Å². The van der Waals surface area contributed by atoms with Gasteiger partial charge in [0.25, 0.3) is 0 Å². The summed E-state index contributed by atoms with van der Waals surface area (Å²) in [5.41, 5.74) is 14.1. The number of nitrogens with zero attached hydrogens (tertiary/aromatic N) is 1. The van der Waals surface area contributed by atoms with E-state index in [0.717, 1.165) is 0 Å². The third kappa shape index (κ3) is 4.40. The zero-order valence-corrected chi connectivity index (χ0v) is 30.4. The lowest BCUT2D eigenvalue weighted by Crippen LogP contribution is -2.23.